The first-order chi connectivity index (χ1) is 18.6. The van der Waals surface area contributed by atoms with Crippen molar-refractivity contribution in [1.29, 1.82) is 0 Å². The highest BCUT2D eigenvalue weighted by molar-refractivity contribution is 5.71. The molecule has 0 aliphatic carbocycles. The standard InChI is InChI=1S/C36H49N2/c1-6-11-12-13-14-16-19-30-24-29(7-2)25-34(26-30)37-38(10-5)35(9-4)27-31-22-23-32(8-3)36(28-31)33-20-17-15-18-21-33/h15,17-18,20-28H,6-14,16,19H2,1-5H3/q+1. The van der Waals surface area contributed by atoms with Crippen molar-refractivity contribution in [1.82, 2.24) is 0 Å². The lowest BCUT2D eigenvalue weighted by atomic mass is 9.95. The van der Waals surface area contributed by atoms with Crippen molar-refractivity contribution < 1.29 is 4.70 Å². The monoisotopic (exact) mass is 509 g/mol. The largest absolute Gasteiger partial charge is 0.208 e. The van der Waals surface area contributed by atoms with Crippen molar-refractivity contribution >= 4 is 11.8 Å². The van der Waals surface area contributed by atoms with Crippen molar-refractivity contribution in [3.63, 3.8) is 0 Å². The highest BCUT2D eigenvalue weighted by atomic mass is 15.3. The molecule has 0 unspecified atom stereocenters. The van der Waals surface area contributed by atoms with Crippen LogP contribution in [-0.4, -0.2) is 11.2 Å². The first-order valence-electron chi connectivity index (χ1n) is 15.1. The molecule has 0 aromatic heterocycles. The second kappa shape index (κ2) is 16.1. The molecule has 2 nitrogen and oxygen atoms in total. The van der Waals surface area contributed by atoms with Gasteiger partial charge in [-0.15, -0.1) is 0 Å². The summed E-state index contributed by atoms with van der Waals surface area (Å²) in [4.78, 5) is 0. The number of aryl methyl sites for hydroxylation is 3. The zero-order chi connectivity index (χ0) is 27.2. The van der Waals surface area contributed by atoms with Gasteiger partial charge in [-0.3, -0.25) is 0 Å². The minimum absolute atomic E-state index is 0.849. The highest BCUT2D eigenvalue weighted by Crippen LogP contribution is 2.28. The van der Waals surface area contributed by atoms with Crippen molar-refractivity contribution in [2.24, 2.45) is 5.11 Å². The van der Waals surface area contributed by atoms with Gasteiger partial charge in [0.05, 0.1) is 0 Å². The molecule has 0 heterocycles. The number of unbranched alkanes of at least 4 members (excludes halogenated alkanes) is 5. The highest BCUT2D eigenvalue weighted by Gasteiger charge is 2.14. The summed E-state index contributed by atoms with van der Waals surface area (Å²) in [5, 5.41) is 5.16. The van der Waals surface area contributed by atoms with Crippen LogP contribution >= 0.6 is 0 Å². The van der Waals surface area contributed by atoms with Crippen LogP contribution in [0.5, 0.6) is 0 Å². The molecule has 3 rings (SSSR count). The van der Waals surface area contributed by atoms with Crippen molar-refractivity contribution in [3.05, 3.63) is 94.7 Å². The Balaban J connectivity index is 1.87. The van der Waals surface area contributed by atoms with Crippen LogP contribution in [0.2, 0.25) is 0 Å². The van der Waals surface area contributed by atoms with Crippen LogP contribution in [0.4, 0.5) is 5.69 Å². The first-order valence-corrected chi connectivity index (χ1v) is 15.1. The summed E-state index contributed by atoms with van der Waals surface area (Å²) >= 11 is 0. The van der Waals surface area contributed by atoms with E-state index in [9.17, 15) is 0 Å². The Hall–Kier alpha value is -3.00. The summed E-state index contributed by atoms with van der Waals surface area (Å²) in [5.74, 6) is 0. The molecule has 38 heavy (non-hydrogen) atoms. The third-order valence-electron chi connectivity index (χ3n) is 7.43. The van der Waals surface area contributed by atoms with E-state index in [0.29, 0.717) is 0 Å². The lowest BCUT2D eigenvalue weighted by molar-refractivity contribution is -0.539. The summed E-state index contributed by atoms with van der Waals surface area (Å²) < 4.78 is 2.19. The number of hydrogen-bond donors (Lipinski definition) is 0. The van der Waals surface area contributed by atoms with Gasteiger partial charge in [-0.25, -0.2) is 0 Å². The van der Waals surface area contributed by atoms with E-state index in [0.717, 1.165) is 37.9 Å². The molecule has 0 amide bonds. The smallest absolute Gasteiger partial charge is 0.0882 e. The van der Waals surface area contributed by atoms with Gasteiger partial charge in [0.1, 0.15) is 5.69 Å². The molecule has 0 saturated heterocycles. The minimum atomic E-state index is 0.849. The molecular weight excluding hydrogens is 460 g/mol. The van der Waals surface area contributed by atoms with Gasteiger partial charge in [-0.05, 0) is 89.3 Å². The van der Waals surface area contributed by atoms with Crippen LogP contribution in [0.25, 0.3) is 17.2 Å². The van der Waals surface area contributed by atoms with Gasteiger partial charge in [-0.1, -0.05) is 113 Å². The predicted molar refractivity (Wildman–Crippen MR) is 165 cm³/mol. The average Bonchev–Trinajstić information content (AvgIpc) is 2.96. The fourth-order valence-corrected chi connectivity index (χ4v) is 5.17. The number of azo groups is 2. The van der Waals surface area contributed by atoms with E-state index in [2.05, 4.69) is 112 Å². The summed E-state index contributed by atoms with van der Waals surface area (Å²) in [6.07, 6.45) is 14.5. The maximum Gasteiger partial charge on any atom is 0.208 e. The molecule has 0 atom stereocenters. The third kappa shape index (κ3) is 8.79. The van der Waals surface area contributed by atoms with E-state index < -0.39 is 0 Å². The predicted octanol–water partition coefficient (Wildman–Crippen LogP) is 10.9. The number of hydrogen-bond acceptors (Lipinski definition) is 1. The quantitative estimate of drug-likeness (QED) is 0.110. The van der Waals surface area contributed by atoms with Gasteiger partial charge >= 0.3 is 0 Å². The van der Waals surface area contributed by atoms with Gasteiger partial charge < -0.3 is 0 Å². The van der Waals surface area contributed by atoms with E-state index in [1.807, 2.05) is 0 Å². The normalized spacial score (nSPS) is 12.2. The van der Waals surface area contributed by atoms with E-state index in [1.165, 1.54) is 77.6 Å². The van der Waals surface area contributed by atoms with Crippen molar-refractivity contribution in [2.45, 2.75) is 98.8 Å². The summed E-state index contributed by atoms with van der Waals surface area (Å²) in [6.45, 7) is 12.0. The number of rotatable bonds is 15. The Bertz CT molecular complexity index is 1190. The topological polar surface area (TPSA) is 15.4 Å². The molecule has 202 valence electrons. The summed E-state index contributed by atoms with van der Waals surface area (Å²) in [7, 11) is 0. The number of allylic oxidation sites excluding steroid dienone is 1. The lowest BCUT2D eigenvalue weighted by Crippen LogP contribution is -2.08. The van der Waals surface area contributed by atoms with E-state index >= 15 is 0 Å². The molecule has 3 aromatic rings. The molecule has 2 heteroatoms. The van der Waals surface area contributed by atoms with Crippen LogP contribution < -0.4 is 0 Å². The molecule has 0 N–H and O–H groups in total. The maximum atomic E-state index is 5.16. The van der Waals surface area contributed by atoms with E-state index in [1.54, 1.807) is 0 Å². The average molecular weight is 510 g/mol. The fraction of sp³-hybridized carbons (Fsp3) is 0.444. The first kappa shape index (κ1) is 29.6. The molecule has 3 aromatic carbocycles. The van der Waals surface area contributed by atoms with Crippen LogP contribution in [0.3, 0.4) is 0 Å². The maximum absolute atomic E-state index is 5.16. The Morgan fingerprint density at radius 1 is 0.737 bits per heavy atom. The molecule has 0 radical (unpaired) electrons. The SMILES string of the molecule is CCCCCCCCc1cc(CC)cc(N=[N+](CC)C(=Cc2ccc(CC)c(-c3ccccc3)c2)CC)c1. The second-order valence-electron chi connectivity index (χ2n) is 10.3. The van der Waals surface area contributed by atoms with Crippen molar-refractivity contribution in [2.75, 3.05) is 6.54 Å². The lowest BCUT2D eigenvalue weighted by Gasteiger charge is -2.10. The molecule has 0 aliphatic heterocycles. The minimum Gasteiger partial charge on any atom is -0.0882 e. The second-order valence-corrected chi connectivity index (χ2v) is 10.3. The molecular formula is C36H49N2+. The molecule has 0 saturated carbocycles. The number of nitrogens with zero attached hydrogens (tertiary/aromatic N) is 2. The fourth-order valence-electron chi connectivity index (χ4n) is 5.17. The zero-order valence-corrected chi connectivity index (χ0v) is 24.6. The molecule has 0 aliphatic rings. The van der Waals surface area contributed by atoms with Crippen LogP contribution in [0, 0.1) is 0 Å². The van der Waals surface area contributed by atoms with Gasteiger partial charge in [0.25, 0.3) is 0 Å². The van der Waals surface area contributed by atoms with Crippen molar-refractivity contribution in [3.8, 4) is 11.1 Å². The van der Waals surface area contributed by atoms with Gasteiger partial charge in [0, 0.05) is 12.5 Å². The van der Waals surface area contributed by atoms with E-state index in [4.69, 9.17) is 5.11 Å². The van der Waals surface area contributed by atoms with Crippen LogP contribution in [0.1, 0.15) is 102 Å². The zero-order valence-electron chi connectivity index (χ0n) is 24.6. The van der Waals surface area contributed by atoms with Crippen LogP contribution in [-0.2, 0) is 19.3 Å². The van der Waals surface area contributed by atoms with Gasteiger partial charge in [0.15, 0.2) is 6.54 Å². The molecule has 0 bridgehead atoms. The van der Waals surface area contributed by atoms with Crippen LogP contribution in [0.15, 0.2) is 77.5 Å². The van der Waals surface area contributed by atoms with Gasteiger partial charge in [0.2, 0.25) is 5.70 Å². The Labute approximate surface area is 232 Å². The third-order valence-corrected chi connectivity index (χ3v) is 7.43. The summed E-state index contributed by atoms with van der Waals surface area (Å²) in [6, 6.07) is 24.6. The van der Waals surface area contributed by atoms with E-state index in [-0.39, 0.29) is 0 Å². The summed E-state index contributed by atoms with van der Waals surface area (Å²) in [5.41, 5.74) is 10.4. The Morgan fingerprint density at radius 3 is 2.16 bits per heavy atom. The molecule has 0 fully saturated rings. The van der Waals surface area contributed by atoms with Gasteiger partial charge in [-0.2, -0.15) is 0 Å². The Morgan fingerprint density at radius 2 is 1.47 bits per heavy atom. The Kier molecular flexibility index (Phi) is 12.5. The molecule has 0 spiro atoms. The number of benzene rings is 3.